The number of carbonyl (C=O) groups excluding carboxylic acids is 3. The summed E-state index contributed by atoms with van der Waals surface area (Å²) < 4.78 is 27.8. The smallest absolute Gasteiger partial charge is 0.550 e. The Balaban J connectivity index is -0.00000200. The van der Waals surface area contributed by atoms with Crippen LogP contribution in [-0.4, -0.2) is 48.0 Å². The van der Waals surface area contributed by atoms with E-state index in [1.165, 1.54) is 0 Å². The summed E-state index contributed by atoms with van der Waals surface area (Å²) in [5.41, 5.74) is 10.6. The van der Waals surface area contributed by atoms with Gasteiger partial charge in [0.1, 0.15) is 0 Å². The predicted octanol–water partition coefficient (Wildman–Crippen LogP) is -10.5. The monoisotopic (exact) mass is 370 g/mol. The molecule has 0 fully saturated rings. The molecule has 0 aliphatic rings. The zero-order valence-corrected chi connectivity index (χ0v) is 17.8. The third-order valence-corrected chi connectivity index (χ3v) is 4.26. The zero-order chi connectivity index (χ0) is 16.8. The molecule has 0 saturated carbocycles. The molecule has 0 bridgehead atoms. The van der Waals surface area contributed by atoms with Crippen LogP contribution in [0, 0.1) is 0 Å². The summed E-state index contributed by atoms with van der Waals surface area (Å²) in [4.78, 5) is 33.6. The van der Waals surface area contributed by atoms with Crippen molar-refractivity contribution in [3.63, 3.8) is 0 Å². The van der Waals surface area contributed by atoms with Crippen LogP contribution in [0.5, 0.6) is 0 Å². The summed E-state index contributed by atoms with van der Waals surface area (Å²) in [6.07, 6.45) is -1.21. The number of hydrogen-bond acceptors (Lipinski definition) is 9. The van der Waals surface area contributed by atoms with Gasteiger partial charge in [0.05, 0.1) is 12.0 Å². The molecule has 10 nitrogen and oxygen atoms in total. The predicted molar refractivity (Wildman–Crippen MR) is 64.8 cm³/mol. The van der Waals surface area contributed by atoms with Crippen LogP contribution in [0.15, 0.2) is 0 Å². The van der Waals surface area contributed by atoms with E-state index in [9.17, 15) is 33.0 Å². The molecule has 0 amide bonds. The standard InChI is InChI=1S/C10H18N2O8S.2Na/c11-4-2-1-3-6(12)8(15)10(9(16)17,5-7(13)14)21(18,19)20;;/h6H,1-5,11-12H2,(H,13,14)(H,16,17)(H,18,19,20);;/q;2*+1/p-2/t6-,10?;;/m0../s1. The van der Waals surface area contributed by atoms with Gasteiger partial charge in [-0.2, -0.15) is 8.42 Å². The fourth-order valence-electron chi connectivity index (χ4n) is 1.73. The first kappa shape index (κ1) is 28.3. The van der Waals surface area contributed by atoms with Gasteiger partial charge in [-0.1, -0.05) is 6.42 Å². The molecule has 0 aromatic rings. The van der Waals surface area contributed by atoms with Gasteiger partial charge in [0.25, 0.3) is 10.1 Å². The minimum Gasteiger partial charge on any atom is -0.550 e. The van der Waals surface area contributed by atoms with Crippen molar-refractivity contribution in [3.05, 3.63) is 0 Å². The molecule has 0 aromatic carbocycles. The van der Waals surface area contributed by atoms with Crippen molar-refractivity contribution < 1.29 is 96.7 Å². The van der Waals surface area contributed by atoms with Gasteiger partial charge in [-0.15, -0.1) is 0 Å². The summed E-state index contributed by atoms with van der Waals surface area (Å²) in [6, 6.07) is -1.62. The molecule has 0 aliphatic heterocycles. The van der Waals surface area contributed by atoms with Crippen LogP contribution in [0.25, 0.3) is 0 Å². The first-order valence-electron chi connectivity index (χ1n) is 5.89. The Hall–Kier alpha value is 0.440. The third-order valence-electron chi connectivity index (χ3n) is 2.87. The molecule has 0 radical (unpaired) electrons. The van der Waals surface area contributed by atoms with Crippen molar-refractivity contribution in [3.8, 4) is 0 Å². The van der Waals surface area contributed by atoms with Crippen LogP contribution in [-0.2, 0) is 24.5 Å². The summed E-state index contributed by atoms with van der Waals surface area (Å²) in [5, 5.41) is 21.6. The Morgan fingerprint density at radius 2 is 1.61 bits per heavy atom. The first-order valence-corrected chi connectivity index (χ1v) is 7.33. The molecule has 13 heteroatoms. The van der Waals surface area contributed by atoms with Crippen molar-refractivity contribution in [2.45, 2.75) is 36.5 Å². The molecule has 122 valence electrons. The van der Waals surface area contributed by atoms with Gasteiger partial charge < -0.3 is 31.3 Å². The van der Waals surface area contributed by atoms with Gasteiger partial charge in [0.2, 0.25) is 4.75 Å². The molecule has 0 rings (SSSR count). The number of nitrogens with two attached hydrogens (primary N) is 2. The summed E-state index contributed by atoms with van der Waals surface area (Å²) in [5.74, 6) is -6.42. The van der Waals surface area contributed by atoms with E-state index in [0.29, 0.717) is 6.42 Å². The molecule has 0 spiro atoms. The maximum absolute atomic E-state index is 12.0. The summed E-state index contributed by atoms with van der Waals surface area (Å²) >= 11 is 0. The van der Waals surface area contributed by atoms with Gasteiger partial charge in [-0.05, 0) is 19.4 Å². The molecule has 5 N–H and O–H groups in total. The number of hydrogen-bond donors (Lipinski definition) is 3. The van der Waals surface area contributed by atoms with Crippen molar-refractivity contribution >= 4 is 27.8 Å². The number of unbranched alkanes of at least 4 members (excludes halogenated alkanes) is 1. The van der Waals surface area contributed by atoms with Crippen LogP contribution < -0.4 is 80.8 Å². The second kappa shape index (κ2) is 11.9. The zero-order valence-electron chi connectivity index (χ0n) is 13.0. The van der Waals surface area contributed by atoms with Gasteiger partial charge in [0.15, 0.2) is 5.78 Å². The SMILES string of the molecule is NCCCC[C@H](N)C(=O)C(CC(=O)[O-])(C(=O)[O-])S(=O)(=O)O.[Na+].[Na+]. The van der Waals surface area contributed by atoms with E-state index in [1.54, 1.807) is 0 Å². The number of aliphatic carboxylic acids is 2. The molecule has 0 aromatic heterocycles. The minimum absolute atomic E-state index is 0. The Morgan fingerprint density at radius 1 is 1.13 bits per heavy atom. The first-order chi connectivity index (χ1) is 9.50. The van der Waals surface area contributed by atoms with Crippen LogP contribution in [0.1, 0.15) is 25.7 Å². The van der Waals surface area contributed by atoms with E-state index in [0.717, 1.165) is 0 Å². The topological polar surface area (TPSA) is 204 Å². The van der Waals surface area contributed by atoms with Gasteiger partial charge in [-0.3, -0.25) is 9.35 Å². The van der Waals surface area contributed by atoms with Crippen molar-refractivity contribution in [1.82, 2.24) is 0 Å². The average Bonchev–Trinajstić information content (AvgIpc) is 2.33. The number of carboxylic acid groups (broad SMARTS) is 2. The second-order valence-electron chi connectivity index (χ2n) is 4.39. The third kappa shape index (κ3) is 7.46. The van der Waals surface area contributed by atoms with E-state index >= 15 is 0 Å². The Labute approximate surface area is 177 Å². The van der Waals surface area contributed by atoms with Gasteiger partial charge >= 0.3 is 59.1 Å². The summed E-state index contributed by atoms with van der Waals surface area (Å²) in [6.45, 7) is 0.268. The van der Waals surface area contributed by atoms with Gasteiger partial charge in [0, 0.05) is 12.4 Å². The number of ketones is 1. The maximum Gasteiger partial charge on any atom is 1.00 e. The second-order valence-corrected chi connectivity index (χ2v) is 6.04. The van der Waals surface area contributed by atoms with Crippen molar-refractivity contribution in [2.24, 2.45) is 11.5 Å². The average molecular weight is 370 g/mol. The fraction of sp³-hybridized carbons (Fsp3) is 0.700. The molecule has 23 heavy (non-hydrogen) atoms. The molecule has 2 atom stereocenters. The van der Waals surface area contributed by atoms with E-state index < -0.39 is 45.0 Å². The van der Waals surface area contributed by atoms with Crippen LogP contribution in [0.4, 0.5) is 0 Å². The number of rotatable bonds is 10. The van der Waals surface area contributed by atoms with Crippen molar-refractivity contribution in [2.75, 3.05) is 6.54 Å². The van der Waals surface area contributed by atoms with Crippen LogP contribution >= 0.6 is 0 Å². The summed E-state index contributed by atoms with van der Waals surface area (Å²) in [7, 11) is -5.63. The Kier molecular flexibility index (Phi) is 14.6. The van der Waals surface area contributed by atoms with E-state index in [4.69, 9.17) is 16.0 Å². The number of Topliss-reactive ketones (excluding diaryl/α,β-unsaturated/α-hetero) is 1. The molecular weight excluding hydrogens is 354 g/mol. The Bertz CT molecular complexity index is 527. The number of carbonyl (C=O) groups is 3. The van der Waals surface area contributed by atoms with E-state index in [1.807, 2.05) is 0 Å². The van der Waals surface area contributed by atoms with E-state index in [-0.39, 0.29) is 78.5 Å². The van der Waals surface area contributed by atoms with Gasteiger partial charge in [-0.25, -0.2) is 0 Å². The fourth-order valence-corrected chi connectivity index (χ4v) is 2.64. The largest absolute Gasteiger partial charge is 1.00 e. The molecular formula is C10H16N2Na2O8S. The molecule has 0 aliphatic carbocycles. The number of carboxylic acids is 2. The molecule has 0 saturated heterocycles. The quantitative estimate of drug-likeness (QED) is 0.143. The maximum atomic E-state index is 12.0. The van der Waals surface area contributed by atoms with Crippen LogP contribution in [0.3, 0.4) is 0 Å². The minimum atomic E-state index is -5.63. The van der Waals surface area contributed by atoms with Crippen LogP contribution in [0.2, 0.25) is 0 Å². The molecule has 0 heterocycles. The normalized spacial score (nSPS) is 14.6. The Morgan fingerprint density at radius 3 is 1.91 bits per heavy atom. The van der Waals surface area contributed by atoms with E-state index in [2.05, 4.69) is 0 Å². The molecule has 1 unspecified atom stereocenters. The van der Waals surface area contributed by atoms with Crippen molar-refractivity contribution in [1.29, 1.82) is 0 Å².